The standard InChI is InChI=1S/C8H15FN2O/c9-11-3-1-7(2-4-11)10-5-8(12)6-10/h7-8,12H,1-6H2. The average Bonchev–Trinajstić information content (AvgIpc) is 2.01. The van der Waals surface area contributed by atoms with Crippen LogP contribution in [-0.2, 0) is 0 Å². The van der Waals surface area contributed by atoms with Crippen molar-refractivity contribution in [2.75, 3.05) is 26.2 Å². The minimum Gasteiger partial charge on any atom is -0.390 e. The molecule has 70 valence electrons. The molecule has 0 amide bonds. The van der Waals surface area contributed by atoms with E-state index in [0.717, 1.165) is 31.1 Å². The van der Waals surface area contributed by atoms with Gasteiger partial charge in [0, 0.05) is 32.2 Å². The molecule has 0 saturated carbocycles. The van der Waals surface area contributed by atoms with Gasteiger partial charge < -0.3 is 5.11 Å². The van der Waals surface area contributed by atoms with Gasteiger partial charge >= 0.3 is 0 Å². The van der Waals surface area contributed by atoms with Crippen LogP contribution in [0.4, 0.5) is 4.48 Å². The molecule has 0 radical (unpaired) electrons. The minimum atomic E-state index is -0.131. The zero-order valence-electron chi connectivity index (χ0n) is 7.12. The van der Waals surface area contributed by atoms with Crippen LogP contribution in [0.1, 0.15) is 12.8 Å². The summed E-state index contributed by atoms with van der Waals surface area (Å²) in [5.74, 6) is 0. The van der Waals surface area contributed by atoms with Gasteiger partial charge in [-0.05, 0) is 12.8 Å². The molecule has 4 heteroatoms. The SMILES string of the molecule is OC1CN(C2CCN(F)CC2)C1. The summed E-state index contributed by atoms with van der Waals surface area (Å²) >= 11 is 0. The number of hydrogen-bond acceptors (Lipinski definition) is 3. The van der Waals surface area contributed by atoms with Crippen molar-refractivity contribution in [3.8, 4) is 0 Å². The number of halogens is 1. The van der Waals surface area contributed by atoms with Crippen molar-refractivity contribution in [1.82, 2.24) is 10.0 Å². The van der Waals surface area contributed by atoms with Crippen LogP contribution < -0.4 is 0 Å². The molecular formula is C8H15FN2O. The summed E-state index contributed by atoms with van der Waals surface area (Å²) in [6.45, 7) is 2.68. The van der Waals surface area contributed by atoms with Crippen molar-refractivity contribution in [2.24, 2.45) is 0 Å². The number of likely N-dealkylation sites (tertiary alicyclic amines) is 1. The Bertz CT molecular complexity index is 153. The first kappa shape index (κ1) is 8.41. The summed E-state index contributed by atoms with van der Waals surface area (Å²) in [7, 11) is 0. The molecule has 0 bridgehead atoms. The van der Waals surface area contributed by atoms with Crippen LogP contribution in [0.15, 0.2) is 0 Å². The first-order chi connectivity index (χ1) is 5.75. The molecule has 0 aliphatic carbocycles. The Labute approximate surface area is 71.7 Å². The fourth-order valence-electron chi connectivity index (χ4n) is 1.99. The molecule has 2 heterocycles. The summed E-state index contributed by atoms with van der Waals surface area (Å²) in [6, 6.07) is 0.514. The van der Waals surface area contributed by atoms with E-state index in [0.29, 0.717) is 19.1 Å². The Morgan fingerprint density at radius 3 is 2.25 bits per heavy atom. The highest BCUT2D eigenvalue weighted by Crippen LogP contribution is 2.21. The number of aliphatic hydroxyl groups excluding tert-OH is 1. The third-order valence-electron chi connectivity index (χ3n) is 2.82. The van der Waals surface area contributed by atoms with Gasteiger partial charge in [0.05, 0.1) is 6.10 Å². The molecular weight excluding hydrogens is 159 g/mol. The van der Waals surface area contributed by atoms with Crippen LogP contribution in [0.5, 0.6) is 0 Å². The van der Waals surface area contributed by atoms with Crippen molar-refractivity contribution >= 4 is 0 Å². The second kappa shape index (κ2) is 3.28. The van der Waals surface area contributed by atoms with Gasteiger partial charge in [0.2, 0.25) is 0 Å². The third kappa shape index (κ3) is 1.60. The van der Waals surface area contributed by atoms with Crippen molar-refractivity contribution < 1.29 is 9.59 Å². The second-order valence-corrected chi connectivity index (χ2v) is 3.75. The molecule has 0 aromatic rings. The summed E-state index contributed by atoms with van der Waals surface area (Å²) < 4.78 is 12.6. The molecule has 0 aromatic heterocycles. The highest BCUT2D eigenvalue weighted by molar-refractivity contribution is 4.87. The van der Waals surface area contributed by atoms with E-state index in [4.69, 9.17) is 5.11 Å². The van der Waals surface area contributed by atoms with Crippen LogP contribution in [0.3, 0.4) is 0 Å². The van der Waals surface area contributed by atoms with Gasteiger partial charge in [0.1, 0.15) is 0 Å². The van der Waals surface area contributed by atoms with E-state index >= 15 is 0 Å². The zero-order valence-corrected chi connectivity index (χ0v) is 7.12. The molecule has 2 rings (SSSR count). The highest BCUT2D eigenvalue weighted by atomic mass is 19.2. The van der Waals surface area contributed by atoms with Crippen molar-refractivity contribution in [1.29, 1.82) is 0 Å². The lowest BCUT2D eigenvalue weighted by atomic mass is 10.00. The lowest BCUT2D eigenvalue weighted by Gasteiger charge is -2.44. The minimum absolute atomic E-state index is 0.131. The van der Waals surface area contributed by atoms with Crippen molar-refractivity contribution in [2.45, 2.75) is 25.0 Å². The van der Waals surface area contributed by atoms with E-state index in [1.165, 1.54) is 0 Å². The van der Waals surface area contributed by atoms with Crippen LogP contribution in [0.25, 0.3) is 0 Å². The zero-order chi connectivity index (χ0) is 8.55. The Morgan fingerprint density at radius 2 is 1.75 bits per heavy atom. The normalized spacial score (nSPS) is 30.5. The molecule has 1 N–H and O–H groups in total. The Balaban J connectivity index is 1.75. The maximum absolute atomic E-state index is 12.6. The lowest BCUT2D eigenvalue weighted by Crippen LogP contribution is -2.57. The first-order valence-corrected chi connectivity index (χ1v) is 4.58. The largest absolute Gasteiger partial charge is 0.390 e. The molecule has 0 aromatic carbocycles. The van der Waals surface area contributed by atoms with Gasteiger partial charge in [-0.2, -0.15) is 0 Å². The van der Waals surface area contributed by atoms with Crippen molar-refractivity contribution in [3.63, 3.8) is 0 Å². The molecule has 12 heavy (non-hydrogen) atoms. The quantitative estimate of drug-likeness (QED) is 0.567. The van der Waals surface area contributed by atoms with Gasteiger partial charge in [0.25, 0.3) is 0 Å². The predicted molar refractivity (Wildman–Crippen MR) is 43.3 cm³/mol. The van der Waals surface area contributed by atoms with E-state index in [1.807, 2.05) is 0 Å². The fraction of sp³-hybridized carbons (Fsp3) is 1.00. The van der Waals surface area contributed by atoms with Crippen LogP contribution >= 0.6 is 0 Å². The van der Waals surface area contributed by atoms with E-state index in [2.05, 4.69) is 4.90 Å². The molecule has 0 spiro atoms. The maximum Gasteiger partial charge on any atom is 0.0794 e. The van der Waals surface area contributed by atoms with E-state index in [1.54, 1.807) is 0 Å². The number of hydrogen-bond donors (Lipinski definition) is 1. The van der Waals surface area contributed by atoms with Crippen molar-refractivity contribution in [3.05, 3.63) is 0 Å². The lowest BCUT2D eigenvalue weighted by molar-refractivity contribution is -0.0677. The van der Waals surface area contributed by atoms with E-state index in [-0.39, 0.29) is 6.10 Å². The molecule has 2 aliphatic heterocycles. The highest BCUT2D eigenvalue weighted by Gasteiger charge is 2.32. The summed E-state index contributed by atoms with van der Waals surface area (Å²) in [5, 5.41) is 9.96. The summed E-state index contributed by atoms with van der Waals surface area (Å²) in [4.78, 5) is 2.25. The van der Waals surface area contributed by atoms with Crippen LogP contribution in [0, 0.1) is 0 Å². The molecule has 0 unspecified atom stereocenters. The van der Waals surface area contributed by atoms with Gasteiger partial charge in [-0.15, -0.1) is 9.60 Å². The Morgan fingerprint density at radius 1 is 1.17 bits per heavy atom. The molecule has 3 nitrogen and oxygen atoms in total. The topological polar surface area (TPSA) is 26.7 Å². The fourth-order valence-corrected chi connectivity index (χ4v) is 1.99. The summed E-state index contributed by atoms with van der Waals surface area (Å²) in [6.07, 6.45) is 1.68. The Hall–Kier alpha value is -0.190. The number of nitrogens with zero attached hydrogens (tertiary/aromatic N) is 2. The number of aliphatic hydroxyl groups is 1. The molecule has 2 aliphatic rings. The van der Waals surface area contributed by atoms with E-state index in [9.17, 15) is 4.48 Å². The van der Waals surface area contributed by atoms with E-state index < -0.39 is 0 Å². The van der Waals surface area contributed by atoms with Gasteiger partial charge in [0.15, 0.2) is 0 Å². The van der Waals surface area contributed by atoms with Gasteiger partial charge in [-0.1, -0.05) is 0 Å². The first-order valence-electron chi connectivity index (χ1n) is 4.58. The van der Waals surface area contributed by atoms with Crippen LogP contribution in [0.2, 0.25) is 0 Å². The van der Waals surface area contributed by atoms with Gasteiger partial charge in [-0.25, -0.2) is 0 Å². The van der Waals surface area contributed by atoms with Gasteiger partial charge in [-0.3, -0.25) is 4.90 Å². The number of β-amino-alcohol motifs (C(OH)–C–C–N with tert-alkyl or cyclic N) is 1. The molecule has 2 saturated heterocycles. The number of piperidine rings is 1. The average molecular weight is 174 g/mol. The molecule has 0 atom stereocenters. The maximum atomic E-state index is 12.6. The summed E-state index contributed by atoms with van der Waals surface area (Å²) in [5.41, 5.74) is 0. The molecule has 2 fully saturated rings. The number of rotatable bonds is 1. The van der Waals surface area contributed by atoms with Crippen LogP contribution in [-0.4, -0.2) is 53.5 Å². The predicted octanol–water partition coefficient (Wildman–Crippen LogP) is 0.0118. The Kier molecular flexibility index (Phi) is 2.30. The third-order valence-corrected chi connectivity index (χ3v) is 2.82. The monoisotopic (exact) mass is 174 g/mol. The smallest absolute Gasteiger partial charge is 0.0794 e. The second-order valence-electron chi connectivity index (χ2n) is 3.75.